The third kappa shape index (κ3) is 3.41. The number of aryl methyl sites for hydroxylation is 1. The molecule has 3 rings (SSSR count). The molecule has 1 saturated carbocycles. The summed E-state index contributed by atoms with van der Waals surface area (Å²) < 4.78 is 0. The summed E-state index contributed by atoms with van der Waals surface area (Å²) in [6.45, 7) is 7.85. The van der Waals surface area contributed by atoms with Crippen molar-refractivity contribution in [2.24, 2.45) is 16.7 Å². The predicted molar refractivity (Wildman–Crippen MR) is 107 cm³/mol. The molecule has 2 unspecified atom stereocenters. The Hall–Kier alpha value is -2.77. The van der Waals surface area contributed by atoms with E-state index >= 15 is 0 Å². The van der Waals surface area contributed by atoms with Gasteiger partial charge in [-0.05, 0) is 43.2 Å². The van der Waals surface area contributed by atoms with E-state index < -0.39 is 10.3 Å². The van der Waals surface area contributed by atoms with Gasteiger partial charge < -0.3 is 5.32 Å². The summed E-state index contributed by atoms with van der Waals surface area (Å²) >= 11 is 0. The average molecular weight is 401 g/mol. The average Bonchev–Trinajstić information content (AvgIpc) is 2.83. The van der Waals surface area contributed by atoms with Crippen LogP contribution in [0, 0.1) is 33.8 Å². The molecule has 156 valence electrons. The van der Waals surface area contributed by atoms with Crippen LogP contribution >= 0.6 is 0 Å². The number of hydrogen-bond acceptors (Lipinski definition) is 5. The molecule has 1 saturated heterocycles. The van der Waals surface area contributed by atoms with E-state index in [9.17, 15) is 24.5 Å². The second-order valence-electron chi connectivity index (χ2n) is 8.85. The van der Waals surface area contributed by atoms with E-state index in [0.717, 1.165) is 6.42 Å². The topological polar surface area (TPSA) is 110 Å². The highest BCUT2D eigenvalue weighted by Crippen LogP contribution is 2.60. The van der Waals surface area contributed by atoms with Crippen molar-refractivity contribution >= 4 is 29.1 Å². The quantitative estimate of drug-likeness (QED) is 0.446. The monoisotopic (exact) mass is 401 g/mol. The summed E-state index contributed by atoms with van der Waals surface area (Å²) in [7, 11) is 0. The molecule has 8 nitrogen and oxygen atoms in total. The molecule has 8 heteroatoms. The lowest BCUT2D eigenvalue weighted by molar-refractivity contribution is -0.384. The van der Waals surface area contributed by atoms with Crippen molar-refractivity contribution in [3.63, 3.8) is 0 Å². The molecule has 29 heavy (non-hydrogen) atoms. The van der Waals surface area contributed by atoms with E-state index in [4.69, 9.17) is 0 Å². The molecule has 1 aliphatic heterocycles. The van der Waals surface area contributed by atoms with Crippen molar-refractivity contribution in [3.05, 3.63) is 33.9 Å². The van der Waals surface area contributed by atoms with E-state index in [2.05, 4.69) is 5.32 Å². The van der Waals surface area contributed by atoms with Gasteiger partial charge in [0, 0.05) is 36.7 Å². The summed E-state index contributed by atoms with van der Waals surface area (Å²) in [5, 5.41) is 13.5. The van der Waals surface area contributed by atoms with Gasteiger partial charge in [-0.15, -0.1) is 0 Å². The Labute approximate surface area is 169 Å². The van der Waals surface area contributed by atoms with Crippen molar-refractivity contribution in [3.8, 4) is 0 Å². The summed E-state index contributed by atoms with van der Waals surface area (Å²) in [6, 6.07) is 4.24. The lowest BCUT2D eigenvalue weighted by atomic mass is 9.62. The van der Waals surface area contributed by atoms with Gasteiger partial charge in [0.25, 0.3) is 5.69 Å². The standard InChI is InChI=1S/C21H27N3O5/c1-13-12-14(24(28)29)7-8-16(13)22-17(25)6-5-11-23-18(26)15-9-10-21(4,19(23)27)20(15,2)3/h7-8,12,15H,5-6,9-11H2,1-4H3,(H,22,25). The zero-order valence-corrected chi connectivity index (χ0v) is 17.3. The SMILES string of the molecule is Cc1cc([N+](=O)[O-])ccc1NC(=O)CCCN1C(=O)C2CCC(C)(C1=O)C2(C)C. The fraction of sp³-hybridized carbons (Fsp3) is 0.571. The van der Waals surface area contributed by atoms with Crippen LogP contribution in [0.25, 0.3) is 0 Å². The first kappa shape index (κ1) is 21.0. The summed E-state index contributed by atoms with van der Waals surface area (Å²) in [4.78, 5) is 49.7. The fourth-order valence-corrected chi connectivity index (χ4v) is 4.63. The van der Waals surface area contributed by atoms with Gasteiger partial charge in [0.05, 0.1) is 10.3 Å². The first-order valence-corrected chi connectivity index (χ1v) is 9.90. The highest BCUT2D eigenvalue weighted by Gasteiger charge is 2.64. The Morgan fingerprint density at radius 2 is 2.00 bits per heavy atom. The number of likely N-dealkylation sites (tertiary alicyclic amines) is 1. The second-order valence-corrected chi connectivity index (χ2v) is 8.85. The van der Waals surface area contributed by atoms with Crippen molar-refractivity contribution in [1.82, 2.24) is 4.90 Å². The first-order chi connectivity index (χ1) is 13.5. The minimum absolute atomic E-state index is 0.0336. The lowest BCUT2D eigenvalue weighted by Crippen LogP contribution is -2.59. The van der Waals surface area contributed by atoms with Gasteiger partial charge in [-0.1, -0.05) is 20.8 Å². The van der Waals surface area contributed by atoms with Crippen LogP contribution in [0.3, 0.4) is 0 Å². The lowest BCUT2D eigenvalue weighted by Gasteiger charge is -2.47. The number of piperidine rings is 1. The van der Waals surface area contributed by atoms with Gasteiger partial charge in [0.1, 0.15) is 0 Å². The highest BCUT2D eigenvalue weighted by atomic mass is 16.6. The molecule has 2 atom stereocenters. The molecular formula is C21H27N3O5. The minimum atomic E-state index is -0.538. The van der Waals surface area contributed by atoms with Crippen molar-refractivity contribution in [2.45, 2.75) is 53.4 Å². The van der Waals surface area contributed by atoms with Crippen LogP contribution in [0.1, 0.15) is 52.0 Å². The number of benzene rings is 1. The normalized spacial score (nSPS) is 25.2. The molecule has 1 N–H and O–H groups in total. The zero-order valence-electron chi connectivity index (χ0n) is 17.3. The van der Waals surface area contributed by atoms with Crippen LogP contribution < -0.4 is 5.32 Å². The molecule has 0 radical (unpaired) electrons. The Morgan fingerprint density at radius 3 is 2.62 bits per heavy atom. The van der Waals surface area contributed by atoms with Crippen molar-refractivity contribution < 1.29 is 19.3 Å². The summed E-state index contributed by atoms with van der Waals surface area (Å²) in [5.41, 5.74) is 0.194. The molecule has 2 aliphatic rings. The van der Waals surface area contributed by atoms with Crippen LogP contribution in [-0.2, 0) is 14.4 Å². The number of amides is 3. The molecule has 3 amide bonds. The number of rotatable bonds is 6. The van der Waals surface area contributed by atoms with Crippen molar-refractivity contribution in [2.75, 3.05) is 11.9 Å². The molecule has 1 heterocycles. The molecule has 2 fully saturated rings. The molecule has 0 spiro atoms. The Kier molecular flexibility index (Phi) is 5.23. The number of hydrogen-bond donors (Lipinski definition) is 1. The third-order valence-electron chi connectivity index (χ3n) is 6.99. The van der Waals surface area contributed by atoms with Gasteiger partial charge in [-0.25, -0.2) is 0 Å². The highest BCUT2D eigenvalue weighted by molar-refractivity contribution is 6.03. The number of nitro groups is 1. The number of anilines is 1. The Balaban J connectivity index is 1.58. The Bertz CT molecular complexity index is 894. The number of nitro benzene ring substituents is 1. The number of carbonyl (C=O) groups is 3. The largest absolute Gasteiger partial charge is 0.326 e. The number of nitrogens with one attached hydrogen (secondary N) is 1. The van der Waals surface area contributed by atoms with Crippen LogP contribution in [-0.4, -0.2) is 34.1 Å². The van der Waals surface area contributed by atoms with Crippen LogP contribution in [0.4, 0.5) is 11.4 Å². The summed E-state index contributed by atoms with van der Waals surface area (Å²) in [6.07, 6.45) is 1.97. The molecule has 0 aromatic heterocycles. The van der Waals surface area contributed by atoms with Crippen LogP contribution in [0.2, 0.25) is 0 Å². The summed E-state index contributed by atoms with van der Waals surface area (Å²) in [5.74, 6) is -0.662. The first-order valence-electron chi connectivity index (χ1n) is 9.90. The minimum Gasteiger partial charge on any atom is -0.326 e. The third-order valence-corrected chi connectivity index (χ3v) is 6.99. The van der Waals surface area contributed by atoms with Gasteiger partial charge >= 0.3 is 0 Å². The smallest absolute Gasteiger partial charge is 0.269 e. The maximum Gasteiger partial charge on any atom is 0.269 e. The molecule has 2 bridgehead atoms. The van der Waals surface area contributed by atoms with E-state index in [1.165, 1.54) is 23.1 Å². The Morgan fingerprint density at radius 1 is 1.31 bits per heavy atom. The predicted octanol–water partition coefficient (Wildman–Crippen LogP) is 3.43. The molecular weight excluding hydrogens is 374 g/mol. The van der Waals surface area contributed by atoms with Crippen molar-refractivity contribution in [1.29, 1.82) is 0 Å². The van der Waals surface area contributed by atoms with E-state index in [1.54, 1.807) is 6.92 Å². The zero-order chi connectivity index (χ0) is 21.6. The number of non-ortho nitro benzene ring substituents is 1. The van der Waals surface area contributed by atoms with E-state index in [1.807, 2.05) is 20.8 Å². The molecule has 1 aliphatic carbocycles. The second kappa shape index (κ2) is 7.24. The maximum atomic E-state index is 13.0. The van der Waals surface area contributed by atoms with Crippen LogP contribution in [0.5, 0.6) is 0 Å². The molecule has 1 aromatic rings. The van der Waals surface area contributed by atoms with Crippen LogP contribution in [0.15, 0.2) is 18.2 Å². The van der Waals surface area contributed by atoms with Gasteiger partial charge in [0.2, 0.25) is 17.7 Å². The fourth-order valence-electron chi connectivity index (χ4n) is 4.63. The number of imide groups is 1. The maximum absolute atomic E-state index is 13.0. The van der Waals surface area contributed by atoms with Gasteiger partial charge in [0.15, 0.2) is 0 Å². The molecule has 1 aromatic carbocycles. The van der Waals surface area contributed by atoms with E-state index in [0.29, 0.717) is 24.1 Å². The number of carbonyl (C=O) groups excluding carboxylic acids is 3. The number of nitrogens with zero attached hydrogens (tertiary/aromatic N) is 2. The number of fused-ring (bicyclic) bond motifs is 2. The van der Waals surface area contributed by atoms with E-state index in [-0.39, 0.29) is 47.7 Å². The van der Waals surface area contributed by atoms with Gasteiger partial charge in [-0.2, -0.15) is 0 Å². The van der Waals surface area contributed by atoms with Gasteiger partial charge in [-0.3, -0.25) is 29.4 Å².